The van der Waals surface area contributed by atoms with Gasteiger partial charge in [0.1, 0.15) is 17.7 Å². The van der Waals surface area contributed by atoms with Gasteiger partial charge in [0.15, 0.2) is 0 Å². The number of rotatable bonds is 5. The highest BCUT2D eigenvalue weighted by molar-refractivity contribution is 9.10. The summed E-state index contributed by atoms with van der Waals surface area (Å²) in [6, 6.07) is 19.1. The lowest BCUT2D eigenvalue weighted by atomic mass is 10.0. The van der Waals surface area contributed by atoms with E-state index in [9.17, 15) is 13.6 Å². The molecule has 1 saturated heterocycles. The van der Waals surface area contributed by atoms with Gasteiger partial charge in [-0.25, -0.2) is 8.78 Å². The van der Waals surface area contributed by atoms with Crippen LogP contribution in [0.15, 0.2) is 77.3 Å². The van der Waals surface area contributed by atoms with Crippen LogP contribution in [0.4, 0.5) is 14.5 Å². The molecule has 154 valence electrons. The van der Waals surface area contributed by atoms with E-state index in [0.29, 0.717) is 24.1 Å². The molecule has 1 fully saturated rings. The minimum Gasteiger partial charge on any atom is -0.368 e. The zero-order valence-electron chi connectivity index (χ0n) is 16.2. The topological polar surface area (TPSA) is 32.3 Å². The van der Waals surface area contributed by atoms with E-state index in [0.717, 1.165) is 10.9 Å². The van der Waals surface area contributed by atoms with E-state index in [4.69, 9.17) is 0 Å². The summed E-state index contributed by atoms with van der Waals surface area (Å²) < 4.78 is 29.6. The van der Waals surface area contributed by atoms with E-state index >= 15 is 0 Å². The van der Waals surface area contributed by atoms with Crippen molar-refractivity contribution in [1.29, 1.82) is 0 Å². The van der Waals surface area contributed by atoms with Crippen LogP contribution in [0.3, 0.4) is 0 Å². The number of hydrogen-bond donors (Lipinski definition) is 1. The van der Waals surface area contributed by atoms with E-state index in [1.807, 2.05) is 24.3 Å². The van der Waals surface area contributed by atoms with Gasteiger partial charge in [0, 0.05) is 16.6 Å². The Bertz CT molecular complexity index is 1040. The van der Waals surface area contributed by atoms with E-state index in [-0.39, 0.29) is 23.5 Å². The summed E-state index contributed by atoms with van der Waals surface area (Å²) in [5, 5.41) is 3.07. The Hall–Kier alpha value is -2.73. The van der Waals surface area contributed by atoms with Crippen LogP contribution < -0.4 is 5.32 Å². The van der Waals surface area contributed by atoms with Crippen LogP contribution in [0.2, 0.25) is 0 Å². The average Bonchev–Trinajstić information content (AvgIpc) is 3.23. The van der Waals surface area contributed by atoms with Gasteiger partial charge in [0.2, 0.25) is 5.91 Å². The van der Waals surface area contributed by atoms with E-state index in [1.54, 1.807) is 41.3 Å². The maximum absolute atomic E-state index is 14.4. The van der Waals surface area contributed by atoms with Crippen molar-refractivity contribution in [2.75, 3.05) is 11.9 Å². The number of nitrogens with one attached hydrogen (secondary N) is 1. The second-order valence-electron chi connectivity index (χ2n) is 7.32. The molecule has 1 aliphatic rings. The highest BCUT2D eigenvalue weighted by atomic mass is 79.9. The lowest BCUT2D eigenvalue weighted by Gasteiger charge is -2.30. The Kier molecular flexibility index (Phi) is 6.13. The Morgan fingerprint density at radius 3 is 2.33 bits per heavy atom. The molecule has 0 spiro atoms. The van der Waals surface area contributed by atoms with Gasteiger partial charge >= 0.3 is 0 Å². The first-order valence-electron chi connectivity index (χ1n) is 9.86. The van der Waals surface area contributed by atoms with Gasteiger partial charge in [0.05, 0.1) is 11.7 Å². The lowest BCUT2D eigenvalue weighted by Crippen LogP contribution is -2.38. The summed E-state index contributed by atoms with van der Waals surface area (Å²) >= 11 is 3.41. The molecule has 1 N–H and O–H groups in total. The quantitative estimate of drug-likeness (QED) is 0.478. The molecule has 0 radical (unpaired) electrons. The second-order valence-corrected chi connectivity index (χ2v) is 8.24. The number of likely N-dealkylation sites (tertiary alicyclic amines) is 1. The molecule has 30 heavy (non-hydrogen) atoms. The number of para-hydroxylation sites is 1. The van der Waals surface area contributed by atoms with Crippen molar-refractivity contribution >= 4 is 27.5 Å². The molecule has 0 saturated carbocycles. The first kappa shape index (κ1) is 20.5. The van der Waals surface area contributed by atoms with Crippen molar-refractivity contribution in [3.63, 3.8) is 0 Å². The SMILES string of the molecule is O=C(C(Nc1ccccc1F)c1ccc(Br)cc1)N1CCC[C@H]1c1ccccc1F. The summed E-state index contributed by atoms with van der Waals surface area (Å²) in [5.74, 6) is -0.949. The summed E-state index contributed by atoms with van der Waals surface area (Å²) in [4.78, 5) is 15.4. The third kappa shape index (κ3) is 4.24. The molecular formula is C24H21BrF2N2O. The largest absolute Gasteiger partial charge is 0.368 e. The zero-order valence-corrected chi connectivity index (χ0v) is 17.8. The highest BCUT2D eigenvalue weighted by Crippen LogP contribution is 2.36. The fourth-order valence-electron chi connectivity index (χ4n) is 3.94. The van der Waals surface area contributed by atoms with Gasteiger partial charge in [-0.15, -0.1) is 0 Å². The van der Waals surface area contributed by atoms with E-state index < -0.39 is 11.9 Å². The van der Waals surface area contributed by atoms with Crippen LogP contribution in [0.1, 0.15) is 36.1 Å². The average molecular weight is 471 g/mol. The van der Waals surface area contributed by atoms with Crippen molar-refractivity contribution in [3.05, 3.63) is 100 Å². The number of carbonyl (C=O) groups excluding carboxylic acids is 1. The normalized spacial score (nSPS) is 17.0. The van der Waals surface area contributed by atoms with E-state index in [1.165, 1.54) is 12.1 Å². The smallest absolute Gasteiger partial charge is 0.250 e. The van der Waals surface area contributed by atoms with Gasteiger partial charge in [-0.1, -0.05) is 58.4 Å². The van der Waals surface area contributed by atoms with Crippen LogP contribution >= 0.6 is 15.9 Å². The third-order valence-corrected chi connectivity index (χ3v) is 5.95. The highest BCUT2D eigenvalue weighted by Gasteiger charge is 2.36. The molecule has 3 nitrogen and oxygen atoms in total. The summed E-state index contributed by atoms with van der Waals surface area (Å²) in [5.41, 5.74) is 1.48. The third-order valence-electron chi connectivity index (χ3n) is 5.42. The predicted molar refractivity (Wildman–Crippen MR) is 117 cm³/mol. The molecule has 3 aromatic rings. The molecule has 1 aliphatic heterocycles. The van der Waals surface area contributed by atoms with Crippen molar-refractivity contribution in [2.24, 2.45) is 0 Å². The number of carbonyl (C=O) groups is 1. The van der Waals surface area contributed by atoms with Crippen LogP contribution in [0.25, 0.3) is 0 Å². The molecule has 0 bridgehead atoms. The zero-order chi connectivity index (χ0) is 21.1. The van der Waals surface area contributed by atoms with Gasteiger partial charge in [-0.3, -0.25) is 4.79 Å². The molecule has 0 aliphatic carbocycles. The van der Waals surface area contributed by atoms with Gasteiger partial charge in [-0.05, 0) is 48.7 Å². The lowest BCUT2D eigenvalue weighted by molar-refractivity contribution is -0.133. The summed E-state index contributed by atoms with van der Waals surface area (Å²) in [6.45, 7) is 0.532. The van der Waals surface area contributed by atoms with Crippen molar-refractivity contribution in [1.82, 2.24) is 4.90 Å². The van der Waals surface area contributed by atoms with Crippen molar-refractivity contribution in [2.45, 2.75) is 24.9 Å². The number of hydrogen-bond acceptors (Lipinski definition) is 2. The number of nitrogens with zero attached hydrogens (tertiary/aromatic N) is 1. The molecular weight excluding hydrogens is 450 g/mol. The summed E-state index contributed by atoms with van der Waals surface area (Å²) in [6.07, 6.45) is 1.48. The molecule has 6 heteroatoms. The maximum Gasteiger partial charge on any atom is 0.250 e. The second kappa shape index (κ2) is 8.96. The number of amides is 1. The molecule has 1 heterocycles. The van der Waals surface area contributed by atoms with Crippen LogP contribution in [-0.4, -0.2) is 17.4 Å². The number of halogens is 3. The van der Waals surface area contributed by atoms with E-state index in [2.05, 4.69) is 21.2 Å². The molecule has 0 aromatic heterocycles. The van der Waals surface area contributed by atoms with Crippen LogP contribution in [0.5, 0.6) is 0 Å². The standard InChI is InChI=1S/C24H21BrF2N2O/c25-17-13-11-16(12-14-17)23(28-21-9-4-3-8-20(21)27)24(30)29-15-5-10-22(29)18-6-1-2-7-19(18)26/h1-4,6-9,11-14,22-23,28H,5,10,15H2/t22-,23?/m0/s1. The van der Waals surface area contributed by atoms with Crippen molar-refractivity contribution < 1.29 is 13.6 Å². The summed E-state index contributed by atoms with van der Waals surface area (Å²) in [7, 11) is 0. The number of anilines is 1. The Morgan fingerprint density at radius 1 is 0.967 bits per heavy atom. The monoisotopic (exact) mass is 470 g/mol. The molecule has 2 atom stereocenters. The maximum atomic E-state index is 14.4. The molecule has 1 unspecified atom stereocenters. The fraction of sp³-hybridized carbons (Fsp3) is 0.208. The number of benzene rings is 3. The van der Waals surface area contributed by atoms with Crippen LogP contribution in [0, 0.1) is 11.6 Å². The molecule has 1 amide bonds. The minimum absolute atomic E-state index is 0.202. The Labute approximate surface area is 182 Å². The van der Waals surface area contributed by atoms with Gasteiger partial charge < -0.3 is 10.2 Å². The van der Waals surface area contributed by atoms with Crippen molar-refractivity contribution in [3.8, 4) is 0 Å². The minimum atomic E-state index is -0.789. The van der Waals surface area contributed by atoms with Gasteiger partial charge in [-0.2, -0.15) is 0 Å². The fourth-order valence-corrected chi connectivity index (χ4v) is 4.21. The molecule has 4 rings (SSSR count). The first-order chi connectivity index (χ1) is 14.5. The first-order valence-corrected chi connectivity index (χ1v) is 10.7. The van der Waals surface area contributed by atoms with Crippen LogP contribution in [-0.2, 0) is 4.79 Å². The Morgan fingerprint density at radius 2 is 1.63 bits per heavy atom. The predicted octanol–water partition coefficient (Wildman–Crippen LogP) is 6.24. The Balaban J connectivity index is 1.69. The van der Waals surface area contributed by atoms with Gasteiger partial charge in [0.25, 0.3) is 0 Å². The molecule has 3 aromatic carbocycles.